The van der Waals surface area contributed by atoms with Crippen molar-refractivity contribution in [3.63, 3.8) is 0 Å². The van der Waals surface area contributed by atoms with Gasteiger partial charge in [-0.1, -0.05) is 11.8 Å². The largest absolute Gasteiger partial charge is 0.497 e. The Hall–Kier alpha value is -2.25. The lowest BCUT2D eigenvalue weighted by molar-refractivity contribution is -0.127. The van der Waals surface area contributed by atoms with Gasteiger partial charge in [0.15, 0.2) is 5.16 Å². The van der Waals surface area contributed by atoms with E-state index in [1.54, 1.807) is 29.5 Å². The van der Waals surface area contributed by atoms with Crippen molar-refractivity contribution in [3.8, 4) is 11.4 Å². The van der Waals surface area contributed by atoms with Gasteiger partial charge in [-0.25, -0.2) is 4.98 Å². The van der Waals surface area contributed by atoms with Crippen molar-refractivity contribution in [2.24, 2.45) is 0 Å². The zero-order chi connectivity index (χ0) is 17.6. The first-order valence-corrected chi connectivity index (χ1v) is 9.66. The molecule has 1 aromatic carbocycles. The van der Waals surface area contributed by atoms with Gasteiger partial charge < -0.3 is 9.64 Å². The number of methoxy groups -OCH3 is 1. The van der Waals surface area contributed by atoms with Crippen LogP contribution in [0.1, 0.15) is 5.56 Å². The Bertz CT molecular complexity index is 813. The number of aromatic nitrogens is 2. The van der Waals surface area contributed by atoms with Crippen molar-refractivity contribution in [1.29, 1.82) is 0 Å². The van der Waals surface area contributed by atoms with E-state index < -0.39 is 0 Å². The summed E-state index contributed by atoms with van der Waals surface area (Å²) in [5, 5.41) is 4.88. The van der Waals surface area contributed by atoms with E-state index in [2.05, 4.69) is 10.4 Å². The summed E-state index contributed by atoms with van der Waals surface area (Å²) in [4.78, 5) is 18.5. The molecule has 25 heavy (non-hydrogen) atoms. The maximum absolute atomic E-state index is 12.4. The predicted octanol–water partition coefficient (Wildman–Crippen LogP) is 3.69. The highest BCUT2D eigenvalue weighted by molar-refractivity contribution is 7.99. The van der Waals surface area contributed by atoms with Gasteiger partial charge in [0.05, 0.1) is 12.9 Å². The van der Waals surface area contributed by atoms with Crippen LogP contribution >= 0.6 is 23.1 Å². The minimum absolute atomic E-state index is 0.0838. The summed E-state index contributed by atoms with van der Waals surface area (Å²) in [6.45, 7) is 0.635. The topological polar surface area (TPSA) is 47.4 Å². The van der Waals surface area contributed by atoms with Crippen molar-refractivity contribution < 1.29 is 9.53 Å². The fourth-order valence-corrected chi connectivity index (χ4v) is 3.89. The SMILES string of the molecule is COc1ccc(-n2ccnc2SCC(=O)N(C)Cc2ccsc2)cc1. The van der Waals surface area contributed by atoms with Gasteiger partial charge in [-0.2, -0.15) is 11.3 Å². The highest BCUT2D eigenvalue weighted by Crippen LogP contribution is 2.22. The molecule has 130 valence electrons. The fourth-order valence-electron chi connectivity index (χ4n) is 2.32. The van der Waals surface area contributed by atoms with Crippen LogP contribution in [-0.2, 0) is 11.3 Å². The second-order valence-electron chi connectivity index (χ2n) is 5.45. The summed E-state index contributed by atoms with van der Waals surface area (Å²) in [6, 6.07) is 9.79. The summed E-state index contributed by atoms with van der Waals surface area (Å²) >= 11 is 3.08. The Morgan fingerprint density at radius 2 is 2.12 bits per heavy atom. The molecule has 3 aromatic rings. The molecule has 0 N–H and O–H groups in total. The minimum atomic E-state index is 0.0838. The second-order valence-corrected chi connectivity index (χ2v) is 7.17. The van der Waals surface area contributed by atoms with Crippen LogP contribution in [0.15, 0.2) is 58.6 Å². The fraction of sp³-hybridized carbons (Fsp3) is 0.222. The number of hydrogen-bond donors (Lipinski definition) is 0. The van der Waals surface area contributed by atoms with E-state index >= 15 is 0 Å². The Kier molecular flexibility index (Phi) is 5.78. The number of amides is 1. The van der Waals surface area contributed by atoms with Crippen LogP contribution < -0.4 is 4.74 Å². The number of carbonyl (C=O) groups excluding carboxylic acids is 1. The number of imidazole rings is 1. The Balaban J connectivity index is 1.61. The minimum Gasteiger partial charge on any atom is -0.497 e. The molecule has 0 bridgehead atoms. The summed E-state index contributed by atoms with van der Waals surface area (Å²) in [5.41, 5.74) is 2.14. The Labute approximate surface area is 155 Å². The summed E-state index contributed by atoms with van der Waals surface area (Å²) in [7, 11) is 3.47. The monoisotopic (exact) mass is 373 g/mol. The average Bonchev–Trinajstić information content (AvgIpc) is 3.31. The lowest BCUT2D eigenvalue weighted by atomic mass is 10.3. The number of hydrogen-bond acceptors (Lipinski definition) is 5. The van der Waals surface area contributed by atoms with Crippen LogP contribution in [-0.4, -0.2) is 40.3 Å². The van der Waals surface area contributed by atoms with Gasteiger partial charge >= 0.3 is 0 Å². The molecule has 0 atom stereocenters. The smallest absolute Gasteiger partial charge is 0.233 e. The maximum atomic E-state index is 12.4. The van der Waals surface area contributed by atoms with Crippen molar-refractivity contribution in [2.45, 2.75) is 11.7 Å². The second kappa shape index (κ2) is 8.22. The van der Waals surface area contributed by atoms with E-state index in [0.29, 0.717) is 12.3 Å². The number of carbonyl (C=O) groups is 1. The Morgan fingerprint density at radius 3 is 2.80 bits per heavy atom. The van der Waals surface area contributed by atoms with E-state index in [1.807, 2.05) is 53.5 Å². The van der Waals surface area contributed by atoms with Gasteiger partial charge in [0.2, 0.25) is 5.91 Å². The Morgan fingerprint density at radius 1 is 1.32 bits per heavy atom. The van der Waals surface area contributed by atoms with Crippen LogP contribution in [0.3, 0.4) is 0 Å². The number of thioether (sulfide) groups is 1. The zero-order valence-corrected chi connectivity index (χ0v) is 15.7. The molecule has 0 saturated carbocycles. The molecule has 0 spiro atoms. The van der Waals surface area contributed by atoms with E-state index in [-0.39, 0.29) is 5.91 Å². The number of nitrogens with zero attached hydrogens (tertiary/aromatic N) is 3. The van der Waals surface area contributed by atoms with Crippen LogP contribution in [0.4, 0.5) is 0 Å². The number of ether oxygens (including phenoxy) is 1. The molecule has 2 heterocycles. The highest BCUT2D eigenvalue weighted by Gasteiger charge is 2.13. The third-order valence-corrected chi connectivity index (χ3v) is 5.39. The molecule has 5 nitrogen and oxygen atoms in total. The molecule has 3 rings (SSSR count). The van der Waals surface area contributed by atoms with Gasteiger partial charge in [0.25, 0.3) is 0 Å². The third-order valence-electron chi connectivity index (χ3n) is 3.71. The first-order chi connectivity index (χ1) is 12.2. The molecule has 0 aliphatic rings. The van der Waals surface area contributed by atoms with E-state index in [9.17, 15) is 4.79 Å². The third kappa shape index (κ3) is 4.43. The predicted molar refractivity (Wildman–Crippen MR) is 102 cm³/mol. The molecule has 0 radical (unpaired) electrons. The lowest BCUT2D eigenvalue weighted by Crippen LogP contribution is -2.27. The number of benzene rings is 1. The molecule has 2 aromatic heterocycles. The van der Waals surface area contributed by atoms with Crippen molar-refractivity contribution in [2.75, 3.05) is 19.9 Å². The normalized spacial score (nSPS) is 10.6. The molecule has 0 saturated heterocycles. The molecule has 0 unspecified atom stereocenters. The van der Waals surface area contributed by atoms with E-state index in [4.69, 9.17) is 4.74 Å². The molecule has 0 aliphatic heterocycles. The number of thiophene rings is 1. The standard InChI is InChI=1S/C18H19N3O2S2/c1-20(11-14-7-10-24-12-14)17(22)13-25-18-19-8-9-21(18)15-3-5-16(23-2)6-4-15/h3-10,12H,11,13H2,1-2H3. The molecule has 0 fully saturated rings. The summed E-state index contributed by atoms with van der Waals surface area (Å²) < 4.78 is 7.15. The lowest BCUT2D eigenvalue weighted by Gasteiger charge is -2.16. The van der Waals surface area contributed by atoms with Crippen LogP contribution in [0.25, 0.3) is 5.69 Å². The first-order valence-electron chi connectivity index (χ1n) is 7.73. The van der Waals surface area contributed by atoms with Crippen molar-refractivity contribution in [1.82, 2.24) is 14.5 Å². The molecular formula is C18H19N3O2S2. The highest BCUT2D eigenvalue weighted by atomic mass is 32.2. The number of rotatable bonds is 7. The molecule has 1 amide bonds. The first kappa shape index (κ1) is 17.6. The maximum Gasteiger partial charge on any atom is 0.233 e. The van der Waals surface area contributed by atoms with Crippen LogP contribution in [0, 0.1) is 0 Å². The molecular weight excluding hydrogens is 354 g/mol. The van der Waals surface area contributed by atoms with Crippen LogP contribution in [0.5, 0.6) is 5.75 Å². The van der Waals surface area contributed by atoms with Crippen molar-refractivity contribution in [3.05, 3.63) is 59.0 Å². The van der Waals surface area contributed by atoms with Gasteiger partial charge in [0.1, 0.15) is 5.75 Å². The van der Waals surface area contributed by atoms with Crippen molar-refractivity contribution >= 4 is 29.0 Å². The summed E-state index contributed by atoms with van der Waals surface area (Å²) in [6.07, 6.45) is 3.63. The van der Waals surface area contributed by atoms with Gasteiger partial charge in [0, 0.05) is 31.7 Å². The molecule has 7 heteroatoms. The van der Waals surface area contributed by atoms with Gasteiger partial charge in [-0.05, 0) is 46.7 Å². The van der Waals surface area contributed by atoms with E-state index in [1.165, 1.54) is 11.8 Å². The van der Waals surface area contributed by atoms with E-state index in [0.717, 1.165) is 22.2 Å². The zero-order valence-electron chi connectivity index (χ0n) is 14.1. The quantitative estimate of drug-likeness (QED) is 0.593. The average molecular weight is 374 g/mol. The summed E-state index contributed by atoms with van der Waals surface area (Å²) in [5.74, 6) is 1.25. The van der Waals surface area contributed by atoms with Crippen LogP contribution in [0.2, 0.25) is 0 Å². The van der Waals surface area contributed by atoms with Gasteiger partial charge in [-0.3, -0.25) is 9.36 Å². The molecule has 0 aliphatic carbocycles. The van der Waals surface area contributed by atoms with Gasteiger partial charge in [-0.15, -0.1) is 0 Å².